The summed E-state index contributed by atoms with van der Waals surface area (Å²) in [5.41, 5.74) is 6.72. The van der Waals surface area contributed by atoms with E-state index in [0.29, 0.717) is 37.3 Å². The topological polar surface area (TPSA) is 81.6 Å². The fourth-order valence-electron chi connectivity index (χ4n) is 5.07. The molecule has 0 unspecified atom stereocenters. The maximum atomic E-state index is 13.5. The van der Waals surface area contributed by atoms with Crippen LogP contribution in [0.5, 0.6) is 5.75 Å². The van der Waals surface area contributed by atoms with Gasteiger partial charge < -0.3 is 15.4 Å². The molecule has 1 atom stereocenters. The Hall–Kier alpha value is -3.66. The minimum atomic E-state index is -4.59. The van der Waals surface area contributed by atoms with Gasteiger partial charge in [-0.15, -0.1) is 0 Å². The molecule has 0 radical (unpaired) electrons. The molecular formula is C24H21F3N6O. The maximum absolute atomic E-state index is 13.5. The molecule has 2 aliphatic rings. The molecule has 7 nitrogen and oxygen atoms in total. The summed E-state index contributed by atoms with van der Waals surface area (Å²) >= 11 is 0. The van der Waals surface area contributed by atoms with E-state index in [1.807, 2.05) is 24.3 Å². The predicted molar refractivity (Wildman–Crippen MR) is 119 cm³/mol. The number of pyridine rings is 1. The van der Waals surface area contributed by atoms with E-state index in [-0.39, 0.29) is 17.4 Å². The van der Waals surface area contributed by atoms with Crippen LogP contribution in [0.3, 0.4) is 0 Å². The Kier molecular flexibility index (Phi) is 4.57. The fourth-order valence-corrected chi connectivity index (χ4v) is 5.07. The molecule has 6 rings (SSSR count). The number of nitrogens with zero attached hydrogens (tertiary/aromatic N) is 5. The van der Waals surface area contributed by atoms with E-state index in [9.17, 15) is 13.2 Å². The molecule has 3 aromatic heterocycles. The van der Waals surface area contributed by atoms with Gasteiger partial charge in [0.25, 0.3) is 0 Å². The van der Waals surface area contributed by atoms with Crippen LogP contribution in [0.1, 0.15) is 30.1 Å². The highest BCUT2D eigenvalue weighted by molar-refractivity contribution is 5.74. The second-order valence-corrected chi connectivity index (χ2v) is 8.65. The maximum Gasteiger partial charge on any atom is 0.434 e. The van der Waals surface area contributed by atoms with Gasteiger partial charge in [-0.05, 0) is 18.2 Å². The number of piperidine rings is 1. The monoisotopic (exact) mass is 466 g/mol. The molecule has 1 fully saturated rings. The summed E-state index contributed by atoms with van der Waals surface area (Å²) in [5, 5.41) is 0. The highest BCUT2D eigenvalue weighted by Gasteiger charge is 2.48. The van der Waals surface area contributed by atoms with Crippen LogP contribution >= 0.6 is 0 Å². The van der Waals surface area contributed by atoms with Crippen LogP contribution in [0, 0.1) is 0 Å². The zero-order chi connectivity index (χ0) is 23.5. The van der Waals surface area contributed by atoms with Crippen LogP contribution in [0.2, 0.25) is 0 Å². The lowest BCUT2D eigenvalue weighted by Gasteiger charge is -2.41. The lowest BCUT2D eigenvalue weighted by Crippen LogP contribution is -2.51. The molecule has 2 N–H and O–H groups in total. The van der Waals surface area contributed by atoms with Gasteiger partial charge in [0.2, 0.25) is 0 Å². The standard InChI is InChI=1S/C24H21F3N6O/c25-24(26,27)20-16(5-3-9-29-20)21-31-14-17-22(30-10-13-33(17)21)32-11-7-23(8-12-32)19(28)15-4-1-2-6-18(15)34-23/h1-6,9-10,13-14,19H,7-8,11-12,28H2/t19-/m1/s1. The summed E-state index contributed by atoms with van der Waals surface area (Å²) in [5.74, 6) is 1.67. The Bertz CT molecular complexity index is 1380. The Morgan fingerprint density at radius 2 is 1.79 bits per heavy atom. The van der Waals surface area contributed by atoms with Crippen LogP contribution in [-0.2, 0) is 6.18 Å². The number of halogens is 3. The van der Waals surface area contributed by atoms with E-state index in [1.54, 1.807) is 23.0 Å². The van der Waals surface area contributed by atoms with Gasteiger partial charge in [-0.1, -0.05) is 18.2 Å². The molecule has 0 bridgehead atoms. The number of alkyl halides is 3. The summed E-state index contributed by atoms with van der Waals surface area (Å²) in [6.45, 7) is 1.30. The number of ether oxygens (including phenoxy) is 1. The van der Waals surface area contributed by atoms with Gasteiger partial charge >= 0.3 is 6.18 Å². The molecule has 4 aromatic rings. The third-order valence-electron chi connectivity index (χ3n) is 6.80. The normalized spacial score (nSPS) is 19.4. The van der Waals surface area contributed by atoms with E-state index in [1.165, 1.54) is 12.1 Å². The van der Waals surface area contributed by atoms with Gasteiger partial charge in [-0.2, -0.15) is 13.2 Å². The van der Waals surface area contributed by atoms with Crippen LogP contribution in [0.4, 0.5) is 19.0 Å². The molecule has 174 valence electrons. The summed E-state index contributed by atoms with van der Waals surface area (Å²) in [7, 11) is 0. The molecule has 2 aliphatic heterocycles. The first-order chi connectivity index (χ1) is 16.4. The summed E-state index contributed by atoms with van der Waals surface area (Å²) in [6.07, 6.45) is 2.70. The highest BCUT2D eigenvalue weighted by Crippen LogP contribution is 2.47. The van der Waals surface area contributed by atoms with Crippen molar-refractivity contribution in [2.75, 3.05) is 18.0 Å². The number of hydrogen-bond donors (Lipinski definition) is 1. The third kappa shape index (κ3) is 3.12. The molecular weight excluding hydrogens is 445 g/mol. The lowest BCUT2D eigenvalue weighted by atomic mass is 9.83. The van der Waals surface area contributed by atoms with Gasteiger partial charge in [0.15, 0.2) is 11.5 Å². The van der Waals surface area contributed by atoms with Crippen molar-refractivity contribution in [1.29, 1.82) is 0 Å². The number of hydrogen-bond acceptors (Lipinski definition) is 6. The number of aromatic nitrogens is 4. The molecule has 1 aromatic carbocycles. The van der Waals surface area contributed by atoms with Crippen molar-refractivity contribution in [3.8, 4) is 17.1 Å². The second kappa shape index (κ2) is 7.42. The Morgan fingerprint density at radius 1 is 1.00 bits per heavy atom. The second-order valence-electron chi connectivity index (χ2n) is 8.65. The molecule has 10 heteroatoms. The zero-order valence-electron chi connectivity index (χ0n) is 18.0. The smallest absolute Gasteiger partial charge is 0.434 e. The number of fused-ring (bicyclic) bond motifs is 2. The SMILES string of the molecule is N[C@@H]1c2ccccc2OC12CCN(c1nccn3c(-c4cccnc4C(F)(F)F)ncc13)CC2. The first-order valence-corrected chi connectivity index (χ1v) is 11.0. The van der Waals surface area contributed by atoms with E-state index in [2.05, 4.69) is 19.9 Å². The third-order valence-corrected chi connectivity index (χ3v) is 6.80. The average molecular weight is 466 g/mol. The Balaban J connectivity index is 1.31. The van der Waals surface area contributed by atoms with Gasteiger partial charge in [0, 0.05) is 55.6 Å². The quantitative estimate of drug-likeness (QED) is 0.476. The number of para-hydroxylation sites is 1. The van der Waals surface area contributed by atoms with Crippen LogP contribution in [0.25, 0.3) is 16.9 Å². The van der Waals surface area contributed by atoms with Crippen molar-refractivity contribution in [2.24, 2.45) is 5.73 Å². The van der Waals surface area contributed by atoms with Gasteiger partial charge in [0.1, 0.15) is 22.7 Å². The highest BCUT2D eigenvalue weighted by atomic mass is 19.4. The summed E-state index contributed by atoms with van der Waals surface area (Å²) in [6, 6.07) is 10.5. The fraction of sp³-hybridized carbons (Fsp3) is 0.292. The number of rotatable bonds is 2. The Morgan fingerprint density at radius 3 is 2.56 bits per heavy atom. The number of nitrogens with two attached hydrogens (primary N) is 1. The van der Waals surface area contributed by atoms with Crippen molar-refractivity contribution in [2.45, 2.75) is 30.7 Å². The molecule has 1 saturated heterocycles. The molecule has 0 saturated carbocycles. The van der Waals surface area contributed by atoms with E-state index in [0.717, 1.165) is 17.5 Å². The molecule has 1 spiro atoms. The van der Waals surface area contributed by atoms with E-state index in [4.69, 9.17) is 10.5 Å². The van der Waals surface area contributed by atoms with Crippen molar-refractivity contribution in [1.82, 2.24) is 19.4 Å². The van der Waals surface area contributed by atoms with Crippen molar-refractivity contribution < 1.29 is 17.9 Å². The molecule has 34 heavy (non-hydrogen) atoms. The van der Waals surface area contributed by atoms with Crippen LogP contribution < -0.4 is 15.4 Å². The number of benzene rings is 1. The zero-order valence-corrected chi connectivity index (χ0v) is 18.0. The summed E-state index contributed by atoms with van der Waals surface area (Å²) < 4.78 is 48.6. The van der Waals surface area contributed by atoms with Crippen molar-refractivity contribution >= 4 is 11.3 Å². The lowest BCUT2D eigenvalue weighted by molar-refractivity contribution is -0.140. The minimum Gasteiger partial charge on any atom is -0.485 e. The summed E-state index contributed by atoms with van der Waals surface area (Å²) in [4.78, 5) is 14.5. The number of imidazole rings is 1. The minimum absolute atomic E-state index is 0.0761. The van der Waals surface area contributed by atoms with Crippen LogP contribution in [0.15, 0.2) is 61.2 Å². The van der Waals surface area contributed by atoms with Gasteiger partial charge in [-0.25, -0.2) is 9.97 Å². The Labute approximate surface area is 193 Å². The molecule has 0 aliphatic carbocycles. The first-order valence-electron chi connectivity index (χ1n) is 11.0. The largest absolute Gasteiger partial charge is 0.485 e. The average Bonchev–Trinajstić information content (AvgIpc) is 3.39. The van der Waals surface area contributed by atoms with Gasteiger partial charge in [0.05, 0.1) is 12.2 Å². The number of anilines is 1. The van der Waals surface area contributed by atoms with Crippen molar-refractivity contribution in [3.63, 3.8) is 0 Å². The molecule has 5 heterocycles. The molecule has 0 amide bonds. The predicted octanol–water partition coefficient (Wildman–Crippen LogP) is 4.24. The van der Waals surface area contributed by atoms with Crippen LogP contribution in [-0.4, -0.2) is 38.0 Å². The van der Waals surface area contributed by atoms with Gasteiger partial charge in [-0.3, -0.25) is 9.38 Å². The van der Waals surface area contributed by atoms with E-state index < -0.39 is 17.5 Å². The van der Waals surface area contributed by atoms with Crippen molar-refractivity contribution in [3.05, 3.63) is 72.4 Å². The van der Waals surface area contributed by atoms with E-state index >= 15 is 0 Å². The first kappa shape index (κ1) is 20.9.